The van der Waals surface area contributed by atoms with E-state index in [2.05, 4.69) is 5.32 Å². The maximum Gasteiger partial charge on any atom is 0.150 e. The minimum atomic E-state index is -0.259. The van der Waals surface area contributed by atoms with Crippen LogP contribution < -0.4 is 10.1 Å². The van der Waals surface area contributed by atoms with E-state index in [1.54, 1.807) is 12.1 Å². The van der Waals surface area contributed by atoms with Crippen LogP contribution in [0.5, 0.6) is 5.75 Å². The van der Waals surface area contributed by atoms with Gasteiger partial charge in [-0.25, -0.2) is 4.39 Å². The van der Waals surface area contributed by atoms with Gasteiger partial charge in [-0.3, -0.25) is 0 Å². The third kappa shape index (κ3) is 1.46. The van der Waals surface area contributed by atoms with Crippen LogP contribution in [0.3, 0.4) is 0 Å². The summed E-state index contributed by atoms with van der Waals surface area (Å²) in [5, 5.41) is 3.10. The lowest BCUT2D eigenvalue weighted by Crippen LogP contribution is -2.41. The van der Waals surface area contributed by atoms with Gasteiger partial charge in [0, 0.05) is 0 Å². The van der Waals surface area contributed by atoms with Gasteiger partial charge >= 0.3 is 0 Å². The van der Waals surface area contributed by atoms with E-state index in [1.165, 1.54) is 6.07 Å². The summed E-state index contributed by atoms with van der Waals surface area (Å²) in [7, 11) is 0. The fraction of sp³-hybridized carbons (Fsp3) is 0.400. The molecule has 1 aliphatic rings. The van der Waals surface area contributed by atoms with Crippen LogP contribution in [0.25, 0.3) is 0 Å². The van der Waals surface area contributed by atoms with E-state index in [1.807, 2.05) is 13.8 Å². The van der Waals surface area contributed by atoms with E-state index < -0.39 is 0 Å². The van der Waals surface area contributed by atoms with Crippen molar-refractivity contribution < 1.29 is 9.13 Å². The molecule has 0 unspecified atom stereocenters. The Hall–Kier alpha value is -1.25. The third-order valence-corrected chi connectivity index (χ3v) is 2.03. The highest BCUT2D eigenvalue weighted by atomic mass is 19.1. The number of ether oxygens (including phenoxy) is 1. The number of fused-ring (bicyclic) bond motifs is 1. The lowest BCUT2D eigenvalue weighted by atomic mass is 10.0. The summed E-state index contributed by atoms with van der Waals surface area (Å²) in [5.74, 6) is 0.338. The van der Waals surface area contributed by atoms with Crippen molar-refractivity contribution >= 4 is 5.69 Å². The van der Waals surface area contributed by atoms with Crippen LogP contribution in [0.4, 0.5) is 10.1 Å². The van der Waals surface area contributed by atoms with Crippen molar-refractivity contribution in [3.63, 3.8) is 0 Å². The first-order valence-corrected chi connectivity index (χ1v) is 4.28. The zero-order chi connectivity index (χ0) is 9.47. The fourth-order valence-electron chi connectivity index (χ4n) is 1.38. The number of anilines is 1. The molecule has 1 aromatic carbocycles. The lowest BCUT2D eigenvalue weighted by molar-refractivity contribution is 0.240. The molecule has 2 nitrogen and oxygen atoms in total. The second-order valence-corrected chi connectivity index (χ2v) is 3.91. The molecule has 0 radical (unpaired) electrons. The molecule has 2 rings (SSSR count). The molecule has 1 aliphatic heterocycles. The van der Waals surface area contributed by atoms with Gasteiger partial charge in [0.1, 0.15) is 23.9 Å². The highest BCUT2D eigenvalue weighted by Gasteiger charge is 2.27. The first-order valence-electron chi connectivity index (χ1n) is 4.28. The Morgan fingerprint density at radius 3 is 3.00 bits per heavy atom. The summed E-state index contributed by atoms with van der Waals surface area (Å²) < 4.78 is 18.7. The molecule has 3 heteroatoms. The van der Waals surface area contributed by atoms with Crippen molar-refractivity contribution in [3.05, 3.63) is 24.0 Å². The number of benzene rings is 1. The Kier molecular flexibility index (Phi) is 1.68. The van der Waals surface area contributed by atoms with Crippen LogP contribution in [0.2, 0.25) is 0 Å². The molecule has 0 aromatic heterocycles. The topological polar surface area (TPSA) is 21.3 Å². The van der Waals surface area contributed by atoms with E-state index >= 15 is 0 Å². The van der Waals surface area contributed by atoms with Crippen LogP contribution >= 0.6 is 0 Å². The van der Waals surface area contributed by atoms with Crippen LogP contribution in [-0.2, 0) is 0 Å². The summed E-state index contributed by atoms with van der Waals surface area (Å²) in [6, 6.07) is 4.84. The smallest absolute Gasteiger partial charge is 0.150 e. The van der Waals surface area contributed by atoms with Gasteiger partial charge in [0.15, 0.2) is 0 Å². The van der Waals surface area contributed by atoms with Gasteiger partial charge < -0.3 is 10.1 Å². The molecule has 1 N–H and O–H groups in total. The molecule has 0 spiro atoms. The van der Waals surface area contributed by atoms with Crippen molar-refractivity contribution in [3.8, 4) is 5.75 Å². The molecule has 0 amide bonds. The largest absolute Gasteiger partial charge is 0.489 e. The van der Waals surface area contributed by atoms with Crippen LogP contribution in [0, 0.1) is 5.82 Å². The summed E-state index contributed by atoms with van der Waals surface area (Å²) in [5.41, 5.74) is 0.272. The SMILES string of the molecule is CC1(C)COc2cccc(F)c2N1. The van der Waals surface area contributed by atoms with Crippen LogP contribution in [-0.4, -0.2) is 12.1 Å². The number of nitrogens with one attached hydrogen (secondary N) is 1. The van der Waals surface area contributed by atoms with E-state index in [-0.39, 0.29) is 11.4 Å². The Morgan fingerprint density at radius 1 is 1.46 bits per heavy atom. The van der Waals surface area contributed by atoms with E-state index in [0.717, 1.165) is 0 Å². The Balaban J connectivity index is 2.44. The van der Waals surface area contributed by atoms with Gasteiger partial charge in [-0.2, -0.15) is 0 Å². The molecule has 1 heterocycles. The number of para-hydroxylation sites is 1. The predicted octanol–water partition coefficient (Wildman–Crippen LogP) is 2.41. The molecule has 13 heavy (non-hydrogen) atoms. The van der Waals surface area contributed by atoms with Gasteiger partial charge in [0.25, 0.3) is 0 Å². The average Bonchev–Trinajstić information content (AvgIpc) is 2.06. The Labute approximate surface area is 76.7 Å². The Bertz CT molecular complexity index is 336. The first kappa shape index (κ1) is 8.35. The highest BCUT2D eigenvalue weighted by molar-refractivity contribution is 5.60. The number of rotatable bonds is 0. The van der Waals surface area contributed by atoms with E-state index in [0.29, 0.717) is 18.0 Å². The molecule has 0 saturated carbocycles. The fourth-order valence-corrected chi connectivity index (χ4v) is 1.38. The minimum Gasteiger partial charge on any atom is -0.489 e. The standard InChI is InChI=1S/C10H12FNO/c1-10(2)6-13-8-5-3-4-7(11)9(8)12-10/h3-5,12H,6H2,1-2H3. The quantitative estimate of drug-likeness (QED) is 0.663. The Morgan fingerprint density at radius 2 is 2.23 bits per heavy atom. The van der Waals surface area contributed by atoms with E-state index in [4.69, 9.17) is 4.74 Å². The average molecular weight is 181 g/mol. The first-order chi connectivity index (χ1) is 6.08. The summed E-state index contributed by atoms with van der Waals surface area (Å²) >= 11 is 0. The molecular formula is C10H12FNO. The molecular weight excluding hydrogens is 169 g/mol. The predicted molar refractivity (Wildman–Crippen MR) is 49.6 cm³/mol. The van der Waals surface area contributed by atoms with Crippen LogP contribution in [0.15, 0.2) is 18.2 Å². The van der Waals surface area contributed by atoms with Gasteiger partial charge in [-0.1, -0.05) is 6.07 Å². The van der Waals surface area contributed by atoms with E-state index in [9.17, 15) is 4.39 Å². The zero-order valence-electron chi connectivity index (χ0n) is 7.73. The molecule has 0 saturated heterocycles. The normalized spacial score (nSPS) is 18.4. The second kappa shape index (κ2) is 2.62. The summed E-state index contributed by atoms with van der Waals surface area (Å²) in [6.07, 6.45) is 0. The monoisotopic (exact) mass is 181 g/mol. The van der Waals surface area contributed by atoms with Crippen molar-refractivity contribution in [2.75, 3.05) is 11.9 Å². The summed E-state index contributed by atoms with van der Waals surface area (Å²) in [4.78, 5) is 0. The van der Waals surface area contributed by atoms with Gasteiger partial charge in [0.05, 0.1) is 5.54 Å². The highest BCUT2D eigenvalue weighted by Crippen LogP contribution is 2.34. The van der Waals surface area contributed by atoms with Crippen molar-refractivity contribution in [2.45, 2.75) is 19.4 Å². The molecule has 1 aromatic rings. The molecule has 0 atom stereocenters. The lowest BCUT2D eigenvalue weighted by Gasteiger charge is -2.33. The van der Waals surface area contributed by atoms with Crippen LogP contribution in [0.1, 0.15) is 13.8 Å². The van der Waals surface area contributed by atoms with Gasteiger partial charge in [-0.15, -0.1) is 0 Å². The van der Waals surface area contributed by atoms with Crippen molar-refractivity contribution in [1.82, 2.24) is 0 Å². The zero-order valence-corrected chi connectivity index (χ0v) is 7.73. The van der Waals surface area contributed by atoms with Gasteiger partial charge in [0.2, 0.25) is 0 Å². The minimum absolute atomic E-state index is 0.199. The third-order valence-electron chi connectivity index (χ3n) is 2.03. The maximum atomic E-state index is 13.3. The molecule has 70 valence electrons. The molecule has 0 aliphatic carbocycles. The molecule has 0 fully saturated rings. The van der Waals surface area contributed by atoms with Gasteiger partial charge in [-0.05, 0) is 26.0 Å². The molecule has 0 bridgehead atoms. The summed E-state index contributed by atoms with van der Waals surface area (Å²) in [6.45, 7) is 4.51. The maximum absolute atomic E-state index is 13.3. The van der Waals surface area contributed by atoms with Crippen molar-refractivity contribution in [2.24, 2.45) is 0 Å². The number of halogens is 1. The van der Waals surface area contributed by atoms with Crippen molar-refractivity contribution in [1.29, 1.82) is 0 Å². The number of hydrogen-bond donors (Lipinski definition) is 1. The number of hydrogen-bond acceptors (Lipinski definition) is 2. The second-order valence-electron chi connectivity index (χ2n) is 3.91.